The second-order valence-electron chi connectivity index (χ2n) is 4.14. The molecule has 1 aromatic heterocycles. The second-order valence-corrected chi connectivity index (χ2v) is 4.14. The highest BCUT2D eigenvalue weighted by molar-refractivity contribution is 5.36. The Morgan fingerprint density at radius 1 is 1.32 bits per heavy atom. The summed E-state index contributed by atoms with van der Waals surface area (Å²) >= 11 is 0. The molecule has 0 saturated heterocycles. The Morgan fingerprint density at radius 2 is 2.11 bits per heavy atom. The molecule has 0 bridgehead atoms. The van der Waals surface area contributed by atoms with Crippen LogP contribution >= 0.6 is 0 Å². The van der Waals surface area contributed by atoms with Gasteiger partial charge in [0.15, 0.2) is 11.6 Å². The summed E-state index contributed by atoms with van der Waals surface area (Å²) in [7, 11) is 1.72. The third-order valence-electron chi connectivity index (χ3n) is 2.62. The molecule has 0 amide bonds. The lowest BCUT2D eigenvalue weighted by molar-refractivity contribution is 0.417. The summed E-state index contributed by atoms with van der Waals surface area (Å²) < 4.78 is 32.4. The first kappa shape index (κ1) is 13.4. The Bertz CT molecular complexity index is 588. The molecular weight excluding hydrogens is 250 g/mol. The minimum atomic E-state index is -0.456. The first-order valence-corrected chi connectivity index (χ1v) is 5.84. The fourth-order valence-electron chi connectivity index (χ4n) is 1.68. The maximum Gasteiger partial charge on any atom is 0.224 e. The lowest BCUT2D eigenvalue weighted by Gasteiger charge is -2.11. The van der Waals surface area contributed by atoms with E-state index in [1.807, 2.05) is 0 Å². The van der Waals surface area contributed by atoms with Gasteiger partial charge in [0, 0.05) is 12.1 Å². The summed E-state index contributed by atoms with van der Waals surface area (Å²) in [4.78, 5) is 3.86. The molecule has 3 nitrogen and oxygen atoms in total. The van der Waals surface area contributed by atoms with Crippen molar-refractivity contribution in [2.45, 2.75) is 13.5 Å². The lowest BCUT2D eigenvalue weighted by Crippen LogP contribution is -2.08. The predicted molar refractivity (Wildman–Crippen MR) is 68.2 cm³/mol. The van der Waals surface area contributed by atoms with Gasteiger partial charge in [0.1, 0.15) is 5.82 Å². The number of ether oxygens (including phenoxy) is 1. The number of pyridine rings is 1. The van der Waals surface area contributed by atoms with Crippen LogP contribution in [0.3, 0.4) is 0 Å². The molecule has 0 atom stereocenters. The number of halogens is 2. The van der Waals surface area contributed by atoms with E-state index in [-0.39, 0.29) is 11.6 Å². The Kier molecular flexibility index (Phi) is 4.06. The van der Waals surface area contributed by atoms with E-state index >= 15 is 0 Å². The monoisotopic (exact) mass is 264 g/mol. The molecule has 19 heavy (non-hydrogen) atoms. The Morgan fingerprint density at radius 3 is 2.84 bits per heavy atom. The van der Waals surface area contributed by atoms with Gasteiger partial charge >= 0.3 is 0 Å². The molecule has 1 aromatic carbocycles. The molecule has 100 valence electrons. The van der Waals surface area contributed by atoms with Gasteiger partial charge in [0.05, 0.1) is 6.20 Å². The summed E-state index contributed by atoms with van der Waals surface area (Å²) in [6, 6.07) is 6.16. The summed E-state index contributed by atoms with van der Waals surface area (Å²) in [6.45, 7) is 2.03. The first-order chi connectivity index (χ1) is 9.11. The number of nitrogens with zero attached hydrogens (tertiary/aromatic N) is 1. The maximum atomic E-state index is 13.8. The van der Waals surface area contributed by atoms with Crippen LogP contribution in [0.1, 0.15) is 11.1 Å². The van der Waals surface area contributed by atoms with Crippen molar-refractivity contribution in [3.63, 3.8) is 0 Å². The Hall–Kier alpha value is -2.01. The molecule has 0 saturated carbocycles. The van der Waals surface area contributed by atoms with Crippen LogP contribution in [-0.4, -0.2) is 12.0 Å². The van der Waals surface area contributed by atoms with E-state index in [4.69, 9.17) is 4.74 Å². The summed E-state index contributed by atoms with van der Waals surface area (Å²) in [5, 5.41) is 2.88. The molecular formula is C14H14F2N2O. The lowest BCUT2D eigenvalue weighted by atomic mass is 10.2. The molecule has 5 heteroatoms. The maximum absolute atomic E-state index is 13.8. The topological polar surface area (TPSA) is 34.2 Å². The zero-order valence-corrected chi connectivity index (χ0v) is 10.7. The molecule has 0 spiro atoms. The first-order valence-electron chi connectivity index (χ1n) is 5.84. The highest BCUT2D eigenvalue weighted by Crippen LogP contribution is 2.27. The van der Waals surface area contributed by atoms with Crippen LogP contribution in [0.25, 0.3) is 0 Å². The van der Waals surface area contributed by atoms with Crippen molar-refractivity contribution >= 4 is 0 Å². The fraction of sp³-hybridized carbons (Fsp3) is 0.214. The van der Waals surface area contributed by atoms with Gasteiger partial charge in [-0.2, -0.15) is 0 Å². The third kappa shape index (κ3) is 3.06. The van der Waals surface area contributed by atoms with Crippen molar-refractivity contribution in [3.8, 4) is 11.6 Å². The molecule has 0 aliphatic heterocycles. The van der Waals surface area contributed by atoms with E-state index in [1.54, 1.807) is 26.1 Å². The van der Waals surface area contributed by atoms with Gasteiger partial charge in [-0.1, -0.05) is 12.1 Å². The van der Waals surface area contributed by atoms with Gasteiger partial charge in [-0.3, -0.25) is 0 Å². The average Bonchev–Trinajstić information content (AvgIpc) is 2.38. The number of nitrogens with one attached hydrogen (secondary N) is 1. The molecule has 0 aliphatic carbocycles. The summed E-state index contributed by atoms with van der Waals surface area (Å²) in [5.74, 6) is -0.622. The average molecular weight is 264 g/mol. The van der Waals surface area contributed by atoms with Crippen molar-refractivity contribution in [2.75, 3.05) is 7.05 Å². The van der Waals surface area contributed by atoms with Gasteiger partial charge in [0.2, 0.25) is 5.88 Å². The Labute approximate surface area is 110 Å². The minimum Gasteiger partial charge on any atom is -0.436 e. The van der Waals surface area contributed by atoms with E-state index in [2.05, 4.69) is 10.3 Å². The number of rotatable bonds is 4. The van der Waals surface area contributed by atoms with Crippen LogP contribution in [0.4, 0.5) is 8.78 Å². The van der Waals surface area contributed by atoms with E-state index in [0.29, 0.717) is 17.7 Å². The van der Waals surface area contributed by atoms with Crippen molar-refractivity contribution in [1.29, 1.82) is 0 Å². The normalized spacial score (nSPS) is 10.5. The van der Waals surface area contributed by atoms with Gasteiger partial charge in [0.25, 0.3) is 0 Å². The van der Waals surface area contributed by atoms with E-state index in [9.17, 15) is 8.78 Å². The predicted octanol–water partition coefficient (Wildman–Crippen LogP) is 3.18. The quantitative estimate of drug-likeness (QED) is 0.921. The van der Waals surface area contributed by atoms with Gasteiger partial charge in [-0.25, -0.2) is 13.8 Å². The van der Waals surface area contributed by atoms with E-state index < -0.39 is 11.6 Å². The van der Waals surface area contributed by atoms with Crippen molar-refractivity contribution < 1.29 is 13.5 Å². The number of aromatic nitrogens is 1. The van der Waals surface area contributed by atoms with Crippen LogP contribution in [0.15, 0.2) is 30.5 Å². The molecule has 2 rings (SSSR count). The van der Waals surface area contributed by atoms with Crippen LogP contribution in [0.2, 0.25) is 0 Å². The summed E-state index contributed by atoms with van der Waals surface area (Å²) in [5.41, 5.74) is 1.01. The SMILES string of the molecule is CNCc1cc(F)cnc1Oc1cccc(C)c1F. The fourth-order valence-corrected chi connectivity index (χ4v) is 1.68. The van der Waals surface area contributed by atoms with Crippen molar-refractivity contribution in [3.05, 3.63) is 53.2 Å². The van der Waals surface area contributed by atoms with E-state index in [0.717, 1.165) is 6.20 Å². The van der Waals surface area contributed by atoms with Crippen LogP contribution in [0.5, 0.6) is 11.6 Å². The molecule has 2 aromatic rings. The van der Waals surface area contributed by atoms with Crippen LogP contribution in [-0.2, 0) is 6.54 Å². The van der Waals surface area contributed by atoms with Gasteiger partial charge < -0.3 is 10.1 Å². The molecule has 0 aliphatic rings. The smallest absolute Gasteiger partial charge is 0.224 e. The highest BCUT2D eigenvalue weighted by atomic mass is 19.1. The Balaban J connectivity index is 2.35. The largest absolute Gasteiger partial charge is 0.436 e. The van der Waals surface area contributed by atoms with Crippen molar-refractivity contribution in [2.24, 2.45) is 0 Å². The number of aryl methyl sites for hydroxylation is 1. The number of hydrogen-bond donors (Lipinski definition) is 1. The van der Waals surface area contributed by atoms with Gasteiger partial charge in [-0.05, 0) is 31.7 Å². The standard InChI is InChI=1S/C14H14F2N2O/c1-9-4-3-5-12(13(9)16)19-14-10(7-17-2)6-11(15)8-18-14/h3-6,8,17H,7H2,1-2H3. The summed E-state index contributed by atoms with van der Waals surface area (Å²) in [6.07, 6.45) is 1.04. The van der Waals surface area contributed by atoms with Crippen LogP contribution < -0.4 is 10.1 Å². The zero-order chi connectivity index (χ0) is 13.8. The third-order valence-corrected chi connectivity index (χ3v) is 2.62. The number of hydrogen-bond acceptors (Lipinski definition) is 3. The van der Waals surface area contributed by atoms with Crippen molar-refractivity contribution in [1.82, 2.24) is 10.3 Å². The minimum absolute atomic E-state index is 0.0801. The molecule has 1 heterocycles. The van der Waals surface area contributed by atoms with Crippen LogP contribution in [0, 0.1) is 18.6 Å². The van der Waals surface area contributed by atoms with Gasteiger partial charge in [-0.15, -0.1) is 0 Å². The second kappa shape index (κ2) is 5.75. The molecule has 0 radical (unpaired) electrons. The number of benzene rings is 1. The highest BCUT2D eigenvalue weighted by Gasteiger charge is 2.12. The zero-order valence-electron chi connectivity index (χ0n) is 10.7. The van der Waals surface area contributed by atoms with E-state index in [1.165, 1.54) is 12.1 Å². The molecule has 1 N–H and O–H groups in total. The molecule has 0 fully saturated rings. The molecule has 0 unspecified atom stereocenters.